The van der Waals surface area contributed by atoms with E-state index < -0.39 is 5.82 Å². The molecule has 6 nitrogen and oxygen atoms in total. The number of hydrogen-bond acceptors (Lipinski definition) is 4. The lowest BCUT2D eigenvalue weighted by molar-refractivity contribution is -0.606. The maximum absolute atomic E-state index is 13.4. The number of thioether (sulfide) groups is 1. The van der Waals surface area contributed by atoms with Crippen LogP contribution in [0.2, 0.25) is 5.15 Å². The van der Waals surface area contributed by atoms with E-state index in [-0.39, 0.29) is 16.7 Å². The maximum atomic E-state index is 13.4. The molecule has 0 radical (unpaired) electrons. The van der Waals surface area contributed by atoms with Crippen LogP contribution in [0.1, 0.15) is 13.3 Å². The third-order valence-electron chi connectivity index (χ3n) is 3.14. The quantitative estimate of drug-likeness (QED) is 0.587. The summed E-state index contributed by atoms with van der Waals surface area (Å²) < 4.78 is 15.0. The van der Waals surface area contributed by atoms with Gasteiger partial charge in [0.1, 0.15) is 11.4 Å². The van der Waals surface area contributed by atoms with Crippen LogP contribution >= 0.6 is 23.4 Å². The minimum Gasteiger partial charge on any atom is -0.619 e. The van der Waals surface area contributed by atoms with Crippen LogP contribution in [0, 0.1) is 11.0 Å². The van der Waals surface area contributed by atoms with Crippen molar-refractivity contribution < 1.29 is 13.9 Å². The highest BCUT2D eigenvalue weighted by Gasteiger charge is 2.20. The first-order valence-electron chi connectivity index (χ1n) is 6.90. The Morgan fingerprint density at radius 1 is 1.57 bits per heavy atom. The molecule has 23 heavy (non-hydrogen) atoms. The lowest BCUT2D eigenvalue weighted by Gasteiger charge is -2.19. The molecular weight excluding hydrogens is 343 g/mol. The van der Waals surface area contributed by atoms with Crippen molar-refractivity contribution in [3.05, 3.63) is 40.8 Å². The number of halogens is 2. The van der Waals surface area contributed by atoms with E-state index in [1.165, 1.54) is 22.0 Å². The van der Waals surface area contributed by atoms with Gasteiger partial charge in [-0.2, -0.15) is 21.6 Å². The van der Waals surface area contributed by atoms with E-state index in [2.05, 4.69) is 5.10 Å². The SMILES string of the molecule is CCN(C(=O)CCSC)c1cn(-c2cc(F)c[n+]([O-])c2)nc1Cl. The minimum absolute atomic E-state index is 0.0681. The number of anilines is 1. The standard InChI is InChI=1S/C14H16ClFN4O2S/c1-3-19(13(21)4-5-23-2)12-9-20(17-14(12)15)11-6-10(16)7-18(22)8-11/h6-9H,3-5H2,1-2H3. The molecule has 2 aromatic rings. The molecule has 0 saturated carbocycles. The summed E-state index contributed by atoms with van der Waals surface area (Å²) in [5.74, 6) is -0.0447. The molecule has 2 heterocycles. The molecule has 0 unspecified atom stereocenters. The van der Waals surface area contributed by atoms with Gasteiger partial charge >= 0.3 is 0 Å². The van der Waals surface area contributed by atoms with Gasteiger partial charge in [0.2, 0.25) is 18.3 Å². The molecule has 0 aliphatic heterocycles. The van der Waals surface area contributed by atoms with E-state index in [0.717, 1.165) is 12.3 Å². The van der Waals surface area contributed by atoms with Crippen LogP contribution in [0.3, 0.4) is 0 Å². The minimum atomic E-state index is -0.686. The fraction of sp³-hybridized carbons (Fsp3) is 0.357. The molecule has 0 N–H and O–H groups in total. The molecule has 2 aromatic heterocycles. The van der Waals surface area contributed by atoms with Gasteiger partial charge in [0.15, 0.2) is 11.0 Å². The Labute approximate surface area is 142 Å². The lowest BCUT2D eigenvalue weighted by atomic mass is 10.3. The largest absolute Gasteiger partial charge is 0.619 e. The van der Waals surface area contributed by atoms with Crippen LogP contribution in [0.5, 0.6) is 0 Å². The van der Waals surface area contributed by atoms with Crippen molar-refractivity contribution in [1.29, 1.82) is 0 Å². The molecule has 2 rings (SSSR count). The molecule has 0 fully saturated rings. The van der Waals surface area contributed by atoms with E-state index in [1.807, 2.05) is 13.2 Å². The molecule has 1 amide bonds. The van der Waals surface area contributed by atoms with Crippen molar-refractivity contribution in [3.63, 3.8) is 0 Å². The van der Waals surface area contributed by atoms with Gasteiger partial charge in [-0.05, 0) is 13.2 Å². The van der Waals surface area contributed by atoms with Crippen LogP contribution in [-0.4, -0.2) is 34.2 Å². The zero-order chi connectivity index (χ0) is 17.0. The van der Waals surface area contributed by atoms with Crippen LogP contribution in [-0.2, 0) is 4.79 Å². The third kappa shape index (κ3) is 4.14. The van der Waals surface area contributed by atoms with Crippen molar-refractivity contribution >= 4 is 35.0 Å². The van der Waals surface area contributed by atoms with Gasteiger partial charge in [-0.1, -0.05) is 11.6 Å². The fourth-order valence-corrected chi connectivity index (χ4v) is 2.70. The lowest BCUT2D eigenvalue weighted by Crippen LogP contribution is -2.30. The fourth-order valence-electron chi connectivity index (χ4n) is 2.09. The molecule has 0 aliphatic carbocycles. The molecule has 0 bridgehead atoms. The van der Waals surface area contributed by atoms with Gasteiger partial charge < -0.3 is 10.1 Å². The number of aromatic nitrogens is 3. The van der Waals surface area contributed by atoms with E-state index >= 15 is 0 Å². The molecular formula is C14H16ClFN4O2S. The zero-order valence-electron chi connectivity index (χ0n) is 12.7. The second-order valence-electron chi connectivity index (χ2n) is 4.70. The second-order valence-corrected chi connectivity index (χ2v) is 6.05. The number of carbonyl (C=O) groups excluding carboxylic acids is 1. The van der Waals surface area contributed by atoms with Crippen LogP contribution < -0.4 is 9.63 Å². The van der Waals surface area contributed by atoms with Gasteiger partial charge in [0.05, 0.1) is 6.20 Å². The monoisotopic (exact) mass is 358 g/mol. The van der Waals surface area contributed by atoms with Crippen molar-refractivity contribution in [1.82, 2.24) is 9.78 Å². The van der Waals surface area contributed by atoms with Crippen LogP contribution in [0.4, 0.5) is 10.1 Å². The average molecular weight is 359 g/mol. The van der Waals surface area contributed by atoms with Crippen molar-refractivity contribution in [2.24, 2.45) is 0 Å². The first-order chi connectivity index (χ1) is 11.0. The summed E-state index contributed by atoms with van der Waals surface area (Å²) in [7, 11) is 0. The molecule has 0 atom stereocenters. The van der Waals surface area contributed by atoms with Crippen LogP contribution in [0.15, 0.2) is 24.7 Å². The smallest absolute Gasteiger partial charge is 0.227 e. The highest BCUT2D eigenvalue weighted by atomic mass is 35.5. The van der Waals surface area contributed by atoms with Crippen molar-refractivity contribution in [2.45, 2.75) is 13.3 Å². The predicted octanol–water partition coefficient (Wildman–Crippen LogP) is 2.40. The molecule has 9 heteroatoms. The Kier molecular flexibility index (Phi) is 5.84. The normalized spacial score (nSPS) is 10.8. The van der Waals surface area contributed by atoms with E-state index in [4.69, 9.17) is 11.6 Å². The molecule has 0 aliphatic rings. The number of hydrogen-bond donors (Lipinski definition) is 0. The molecule has 0 spiro atoms. The zero-order valence-corrected chi connectivity index (χ0v) is 14.3. The summed E-state index contributed by atoms with van der Waals surface area (Å²) in [6, 6.07) is 1.16. The Morgan fingerprint density at radius 3 is 2.91 bits per heavy atom. The summed E-state index contributed by atoms with van der Waals surface area (Å²) in [5.41, 5.74) is 0.655. The summed E-state index contributed by atoms with van der Waals surface area (Å²) in [6.07, 6.45) is 5.80. The first kappa shape index (κ1) is 17.6. The third-order valence-corrected chi connectivity index (χ3v) is 4.02. The Bertz CT molecular complexity index is 690. The van der Waals surface area contributed by atoms with Crippen molar-refractivity contribution in [2.75, 3.05) is 23.5 Å². The number of carbonyl (C=O) groups is 1. The van der Waals surface area contributed by atoms with Crippen molar-refractivity contribution in [3.8, 4) is 5.69 Å². The summed E-state index contributed by atoms with van der Waals surface area (Å²) >= 11 is 7.70. The number of rotatable bonds is 6. The van der Waals surface area contributed by atoms with Gasteiger partial charge in [0, 0.05) is 24.8 Å². The first-order valence-corrected chi connectivity index (χ1v) is 8.67. The Hall–Kier alpha value is -1.80. The van der Waals surface area contributed by atoms with Gasteiger partial charge in [0.25, 0.3) is 0 Å². The van der Waals surface area contributed by atoms with Gasteiger partial charge in [-0.25, -0.2) is 9.07 Å². The topological polar surface area (TPSA) is 65.1 Å². The second kappa shape index (κ2) is 7.65. The van der Waals surface area contributed by atoms with Gasteiger partial charge in [-0.15, -0.1) is 0 Å². The predicted molar refractivity (Wildman–Crippen MR) is 88.5 cm³/mol. The van der Waals surface area contributed by atoms with E-state index in [1.54, 1.807) is 11.8 Å². The number of amides is 1. The van der Waals surface area contributed by atoms with Gasteiger partial charge in [-0.3, -0.25) is 4.79 Å². The Balaban J connectivity index is 2.34. The van der Waals surface area contributed by atoms with E-state index in [0.29, 0.717) is 29.1 Å². The summed E-state index contributed by atoms with van der Waals surface area (Å²) in [4.78, 5) is 13.8. The Morgan fingerprint density at radius 2 is 2.30 bits per heavy atom. The number of nitrogens with zero attached hydrogens (tertiary/aromatic N) is 4. The highest BCUT2D eigenvalue weighted by molar-refractivity contribution is 7.98. The maximum Gasteiger partial charge on any atom is 0.227 e. The highest BCUT2D eigenvalue weighted by Crippen LogP contribution is 2.26. The molecule has 124 valence electrons. The number of pyridine rings is 1. The average Bonchev–Trinajstić information content (AvgIpc) is 2.87. The van der Waals surface area contributed by atoms with E-state index in [9.17, 15) is 14.4 Å². The molecule has 0 aromatic carbocycles. The summed E-state index contributed by atoms with van der Waals surface area (Å²) in [5, 5.41) is 15.5. The van der Waals surface area contributed by atoms with Crippen LogP contribution in [0.25, 0.3) is 5.69 Å². The summed E-state index contributed by atoms with van der Waals surface area (Å²) in [6.45, 7) is 2.27. The molecule has 0 saturated heterocycles.